The SMILES string of the molecule is ClC1CC2C3CCC2(Cl)C=CC13. The van der Waals surface area contributed by atoms with Gasteiger partial charge in [-0.05, 0) is 37.0 Å². The summed E-state index contributed by atoms with van der Waals surface area (Å²) in [4.78, 5) is -0.00912. The maximum Gasteiger partial charge on any atom is 0.0657 e. The lowest BCUT2D eigenvalue weighted by Crippen LogP contribution is -2.27. The molecule has 66 valence electrons. The van der Waals surface area contributed by atoms with Crippen molar-refractivity contribution in [3.63, 3.8) is 0 Å². The van der Waals surface area contributed by atoms with Crippen molar-refractivity contribution in [1.82, 2.24) is 0 Å². The van der Waals surface area contributed by atoms with E-state index in [-0.39, 0.29) is 4.87 Å². The third kappa shape index (κ3) is 0.761. The lowest BCUT2D eigenvalue weighted by atomic mass is 9.83. The largest absolute Gasteiger partial charge is 0.122 e. The predicted octanol–water partition coefficient (Wildman–Crippen LogP) is 3.19. The third-order valence-electron chi connectivity index (χ3n) is 3.98. The average molecular weight is 203 g/mol. The topological polar surface area (TPSA) is 0 Å². The molecule has 3 rings (SSSR count). The van der Waals surface area contributed by atoms with E-state index in [0.29, 0.717) is 17.2 Å². The molecule has 0 saturated heterocycles. The lowest BCUT2D eigenvalue weighted by molar-refractivity contribution is 0.368. The minimum atomic E-state index is -0.00912. The van der Waals surface area contributed by atoms with Crippen molar-refractivity contribution in [3.8, 4) is 0 Å². The fraction of sp³-hybridized carbons (Fsp3) is 0.800. The van der Waals surface area contributed by atoms with Crippen LogP contribution in [0.1, 0.15) is 19.3 Å². The monoisotopic (exact) mass is 202 g/mol. The normalized spacial score (nSPS) is 61.2. The highest BCUT2D eigenvalue weighted by molar-refractivity contribution is 6.26. The first kappa shape index (κ1) is 7.70. The van der Waals surface area contributed by atoms with Crippen molar-refractivity contribution in [3.05, 3.63) is 12.2 Å². The molecular weight excluding hydrogens is 191 g/mol. The highest BCUT2D eigenvalue weighted by Gasteiger charge is 2.56. The van der Waals surface area contributed by atoms with Crippen LogP contribution in [0.5, 0.6) is 0 Å². The quantitative estimate of drug-likeness (QED) is 0.419. The molecule has 0 amide bonds. The van der Waals surface area contributed by atoms with Crippen LogP contribution in [0.4, 0.5) is 0 Å². The van der Waals surface area contributed by atoms with Gasteiger partial charge in [-0.25, -0.2) is 0 Å². The highest BCUT2D eigenvalue weighted by atomic mass is 35.5. The van der Waals surface area contributed by atoms with Gasteiger partial charge in [-0.15, -0.1) is 23.2 Å². The first-order chi connectivity index (χ1) is 5.71. The fourth-order valence-electron chi connectivity index (χ4n) is 3.37. The molecule has 4 bridgehead atoms. The van der Waals surface area contributed by atoms with Crippen LogP contribution >= 0.6 is 23.2 Å². The summed E-state index contributed by atoms with van der Waals surface area (Å²) in [6, 6.07) is 0. The summed E-state index contributed by atoms with van der Waals surface area (Å²) in [7, 11) is 0. The average Bonchev–Trinajstić information content (AvgIpc) is 2.37. The summed E-state index contributed by atoms with van der Waals surface area (Å²) >= 11 is 12.8. The Kier molecular flexibility index (Phi) is 1.42. The molecule has 0 spiro atoms. The van der Waals surface area contributed by atoms with Gasteiger partial charge in [0.1, 0.15) is 0 Å². The second-order valence-electron chi connectivity index (χ2n) is 4.42. The van der Waals surface area contributed by atoms with Gasteiger partial charge in [0.2, 0.25) is 0 Å². The van der Waals surface area contributed by atoms with Crippen LogP contribution in [0.3, 0.4) is 0 Å². The molecule has 12 heavy (non-hydrogen) atoms. The zero-order chi connectivity index (χ0) is 8.34. The van der Waals surface area contributed by atoms with E-state index in [4.69, 9.17) is 23.2 Å². The summed E-state index contributed by atoms with van der Waals surface area (Å²) in [5, 5.41) is 0.358. The van der Waals surface area contributed by atoms with Gasteiger partial charge in [0.25, 0.3) is 0 Å². The molecule has 0 aliphatic heterocycles. The van der Waals surface area contributed by atoms with Crippen molar-refractivity contribution in [2.75, 3.05) is 0 Å². The summed E-state index contributed by atoms with van der Waals surface area (Å²) in [5.74, 6) is 2.11. The van der Waals surface area contributed by atoms with Crippen molar-refractivity contribution in [1.29, 1.82) is 0 Å². The Balaban J connectivity index is 2.08. The van der Waals surface area contributed by atoms with Crippen molar-refractivity contribution >= 4 is 23.2 Å². The van der Waals surface area contributed by atoms with E-state index < -0.39 is 0 Å². The Morgan fingerprint density at radius 2 is 2.25 bits per heavy atom. The van der Waals surface area contributed by atoms with Crippen LogP contribution in [0.25, 0.3) is 0 Å². The summed E-state index contributed by atoms with van der Waals surface area (Å²) in [6.45, 7) is 0. The zero-order valence-electron chi connectivity index (χ0n) is 6.84. The van der Waals surface area contributed by atoms with Crippen LogP contribution in [-0.2, 0) is 0 Å². The van der Waals surface area contributed by atoms with Crippen molar-refractivity contribution in [2.45, 2.75) is 29.5 Å². The predicted molar refractivity (Wildman–Crippen MR) is 51.7 cm³/mol. The molecule has 0 aromatic carbocycles. The minimum absolute atomic E-state index is 0.00912. The maximum atomic E-state index is 6.51. The zero-order valence-corrected chi connectivity index (χ0v) is 8.35. The summed E-state index contributed by atoms with van der Waals surface area (Å²) in [6.07, 6.45) is 8.07. The molecule has 0 aromatic heterocycles. The van der Waals surface area contributed by atoms with Gasteiger partial charge in [-0.3, -0.25) is 0 Å². The lowest BCUT2D eigenvalue weighted by Gasteiger charge is -2.28. The molecule has 3 aliphatic carbocycles. The van der Waals surface area contributed by atoms with Gasteiger partial charge in [-0.1, -0.05) is 12.2 Å². The maximum absolute atomic E-state index is 6.51. The number of alkyl halides is 2. The summed E-state index contributed by atoms with van der Waals surface area (Å²) in [5.41, 5.74) is 0. The molecular formula is C10H12Cl2. The first-order valence-corrected chi connectivity index (χ1v) is 5.54. The van der Waals surface area contributed by atoms with Gasteiger partial charge in [0.05, 0.1) is 4.87 Å². The van der Waals surface area contributed by atoms with Gasteiger partial charge in [0.15, 0.2) is 0 Å². The Hall–Kier alpha value is 0.320. The van der Waals surface area contributed by atoms with E-state index in [9.17, 15) is 0 Å². The Morgan fingerprint density at radius 3 is 3.00 bits per heavy atom. The Labute approximate surface area is 82.9 Å². The van der Waals surface area contributed by atoms with E-state index in [0.717, 1.165) is 12.3 Å². The number of rotatable bonds is 0. The van der Waals surface area contributed by atoms with E-state index in [1.165, 1.54) is 12.8 Å². The van der Waals surface area contributed by atoms with Crippen LogP contribution < -0.4 is 0 Å². The van der Waals surface area contributed by atoms with E-state index in [1.54, 1.807) is 0 Å². The minimum Gasteiger partial charge on any atom is -0.122 e. The molecule has 0 heterocycles. The molecule has 0 N–H and O–H groups in total. The standard InChI is InChI=1S/C10H12Cl2/c11-9-5-8-6-1-3-10(8,12)4-2-7(6)9/h2,4,6-9H,1,3,5H2. The van der Waals surface area contributed by atoms with E-state index in [1.807, 2.05) is 0 Å². The smallest absolute Gasteiger partial charge is 0.0657 e. The summed E-state index contributed by atoms with van der Waals surface area (Å²) < 4.78 is 0. The second kappa shape index (κ2) is 2.22. The van der Waals surface area contributed by atoms with Crippen LogP contribution in [0.2, 0.25) is 0 Å². The Morgan fingerprint density at radius 1 is 1.42 bits per heavy atom. The van der Waals surface area contributed by atoms with E-state index >= 15 is 0 Å². The van der Waals surface area contributed by atoms with Gasteiger partial charge in [-0.2, -0.15) is 0 Å². The molecule has 2 saturated carbocycles. The van der Waals surface area contributed by atoms with Crippen LogP contribution in [0.15, 0.2) is 12.2 Å². The number of hydrogen-bond donors (Lipinski definition) is 0. The Bertz CT molecular complexity index is 248. The van der Waals surface area contributed by atoms with Gasteiger partial charge in [0, 0.05) is 5.38 Å². The number of hydrogen-bond acceptors (Lipinski definition) is 0. The van der Waals surface area contributed by atoms with Gasteiger partial charge < -0.3 is 0 Å². The fourth-order valence-corrected chi connectivity index (χ4v) is 4.27. The molecule has 2 heteroatoms. The van der Waals surface area contributed by atoms with E-state index in [2.05, 4.69) is 12.2 Å². The number of halogens is 2. The molecule has 3 aliphatic rings. The van der Waals surface area contributed by atoms with Crippen molar-refractivity contribution < 1.29 is 0 Å². The molecule has 0 nitrogen and oxygen atoms in total. The molecule has 5 atom stereocenters. The van der Waals surface area contributed by atoms with Crippen LogP contribution in [0, 0.1) is 17.8 Å². The van der Waals surface area contributed by atoms with Crippen LogP contribution in [-0.4, -0.2) is 10.3 Å². The molecule has 5 unspecified atom stereocenters. The number of allylic oxidation sites excluding steroid dienone is 2. The third-order valence-corrected chi connectivity index (χ3v) is 5.05. The highest BCUT2D eigenvalue weighted by Crippen LogP contribution is 2.60. The molecule has 0 aromatic rings. The molecule has 0 radical (unpaired) electrons. The molecule has 2 fully saturated rings. The first-order valence-electron chi connectivity index (χ1n) is 4.73. The second-order valence-corrected chi connectivity index (χ2v) is 5.69. The van der Waals surface area contributed by atoms with Crippen molar-refractivity contribution in [2.24, 2.45) is 17.8 Å². The van der Waals surface area contributed by atoms with Gasteiger partial charge >= 0.3 is 0 Å².